The van der Waals surface area contributed by atoms with Crippen molar-refractivity contribution >= 4 is 17.4 Å². The van der Waals surface area contributed by atoms with Crippen molar-refractivity contribution in [3.8, 4) is 0 Å². The molecule has 0 saturated heterocycles. The van der Waals surface area contributed by atoms with Crippen molar-refractivity contribution in [1.29, 1.82) is 10.8 Å². The van der Waals surface area contributed by atoms with E-state index >= 15 is 0 Å². The van der Waals surface area contributed by atoms with E-state index in [1.165, 1.54) is 16.8 Å². The van der Waals surface area contributed by atoms with Gasteiger partial charge in [-0.05, 0) is 12.1 Å². The van der Waals surface area contributed by atoms with Crippen LogP contribution < -0.4 is 11.2 Å². The maximum atomic E-state index is 7.41. The molecule has 64 valence electrons. The van der Waals surface area contributed by atoms with Crippen LogP contribution in [0.1, 0.15) is 0 Å². The molecule has 0 spiro atoms. The standard InChI is InChI=1S/C7H9ClN4/c8-5-1-2-6(10)12(4-5)7(11)3-9/h1-2,4,10-11H,3,9H2. The minimum Gasteiger partial charge on any atom is -0.324 e. The fourth-order valence-corrected chi connectivity index (χ4v) is 0.957. The molecule has 0 aliphatic heterocycles. The van der Waals surface area contributed by atoms with Crippen molar-refractivity contribution in [2.45, 2.75) is 0 Å². The zero-order valence-electron chi connectivity index (χ0n) is 6.34. The number of rotatable bonds is 1. The highest BCUT2D eigenvalue weighted by Gasteiger charge is 1.98. The lowest BCUT2D eigenvalue weighted by molar-refractivity contribution is 0.940. The lowest BCUT2D eigenvalue weighted by Gasteiger charge is -2.05. The summed E-state index contributed by atoms with van der Waals surface area (Å²) in [5.41, 5.74) is 5.45. The molecule has 12 heavy (non-hydrogen) atoms. The highest BCUT2D eigenvalue weighted by Crippen LogP contribution is 2.02. The lowest BCUT2D eigenvalue weighted by atomic mass is 10.4. The fourth-order valence-electron chi connectivity index (χ4n) is 0.796. The van der Waals surface area contributed by atoms with E-state index in [0.29, 0.717) is 5.02 Å². The second-order valence-electron chi connectivity index (χ2n) is 2.25. The van der Waals surface area contributed by atoms with E-state index in [1.54, 1.807) is 6.07 Å². The summed E-state index contributed by atoms with van der Waals surface area (Å²) in [6.45, 7) is 0.0941. The number of pyridine rings is 1. The topological polar surface area (TPSA) is 78.7 Å². The zero-order valence-corrected chi connectivity index (χ0v) is 7.10. The largest absolute Gasteiger partial charge is 0.324 e. The van der Waals surface area contributed by atoms with Gasteiger partial charge in [-0.1, -0.05) is 11.6 Å². The highest BCUT2D eigenvalue weighted by molar-refractivity contribution is 6.30. The van der Waals surface area contributed by atoms with Crippen LogP contribution in [-0.2, 0) is 0 Å². The monoisotopic (exact) mass is 184 g/mol. The maximum Gasteiger partial charge on any atom is 0.130 e. The van der Waals surface area contributed by atoms with Crippen molar-refractivity contribution < 1.29 is 0 Å². The quantitative estimate of drug-likeness (QED) is 0.429. The van der Waals surface area contributed by atoms with Crippen LogP contribution in [0.25, 0.3) is 0 Å². The van der Waals surface area contributed by atoms with Crippen LogP contribution >= 0.6 is 11.6 Å². The number of hydrogen-bond donors (Lipinski definition) is 3. The van der Waals surface area contributed by atoms with E-state index in [2.05, 4.69) is 0 Å². The molecule has 0 saturated carbocycles. The summed E-state index contributed by atoms with van der Waals surface area (Å²) >= 11 is 5.68. The Labute approximate surface area is 74.6 Å². The molecule has 0 radical (unpaired) electrons. The Morgan fingerprint density at radius 3 is 2.83 bits per heavy atom. The molecule has 1 aromatic heterocycles. The molecule has 1 rings (SSSR count). The number of nitrogens with two attached hydrogens (primary N) is 1. The van der Waals surface area contributed by atoms with Gasteiger partial charge < -0.3 is 5.73 Å². The number of nitrogens with one attached hydrogen (secondary N) is 2. The van der Waals surface area contributed by atoms with Crippen LogP contribution in [0.5, 0.6) is 0 Å². The molecular formula is C7H9ClN4. The van der Waals surface area contributed by atoms with E-state index in [0.717, 1.165) is 0 Å². The van der Waals surface area contributed by atoms with Gasteiger partial charge >= 0.3 is 0 Å². The van der Waals surface area contributed by atoms with Gasteiger partial charge in [-0.25, -0.2) is 0 Å². The third-order valence-electron chi connectivity index (χ3n) is 1.40. The summed E-state index contributed by atoms with van der Waals surface area (Å²) in [7, 11) is 0. The molecule has 0 atom stereocenters. The average Bonchev–Trinajstić information content (AvgIpc) is 2.08. The van der Waals surface area contributed by atoms with Crippen LogP contribution in [-0.4, -0.2) is 16.9 Å². The summed E-state index contributed by atoms with van der Waals surface area (Å²) in [6.07, 6.45) is 1.50. The van der Waals surface area contributed by atoms with E-state index in [1.807, 2.05) is 0 Å². The van der Waals surface area contributed by atoms with Crippen LogP contribution in [0.4, 0.5) is 0 Å². The summed E-state index contributed by atoms with van der Waals surface area (Å²) in [6, 6.07) is 3.12. The number of halogens is 1. The molecule has 4 nitrogen and oxygen atoms in total. The van der Waals surface area contributed by atoms with Crippen LogP contribution in [0.3, 0.4) is 0 Å². The Kier molecular flexibility index (Phi) is 2.62. The molecule has 0 bridgehead atoms. The van der Waals surface area contributed by atoms with Gasteiger partial charge in [0.05, 0.1) is 11.6 Å². The predicted octanol–water partition coefficient (Wildman–Crippen LogP) is 0.405. The predicted molar refractivity (Wildman–Crippen MR) is 47.5 cm³/mol. The minimum absolute atomic E-state index is 0.0941. The number of hydrogen-bond acceptors (Lipinski definition) is 3. The van der Waals surface area contributed by atoms with Crippen LogP contribution in [0.2, 0.25) is 5.02 Å². The summed E-state index contributed by atoms with van der Waals surface area (Å²) in [4.78, 5) is 0. The smallest absolute Gasteiger partial charge is 0.130 e. The molecule has 0 aliphatic carbocycles. The second kappa shape index (κ2) is 3.51. The van der Waals surface area contributed by atoms with Gasteiger partial charge in [0, 0.05) is 6.20 Å². The third-order valence-corrected chi connectivity index (χ3v) is 1.62. The molecule has 5 heteroatoms. The Morgan fingerprint density at radius 1 is 1.58 bits per heavy atom. The average molecular weight is 185 g/mol. The van der Waals surface area contributed by atoms with Crippen molar-refractivity contribution in [3.05, 3.63) is 28.8 Å². The van der Waals surface area contributed by atoms with Gasteiger partial charge in [0.25, 0.3) is 0 Å². The summed E-state index contributed by atoms with van der Waals surface area (Å²) in [5.74, 6) is 0.155. The van der Waals surface area contributed by atoms with E-state index in [9.17, 15) is 0 Å². The highest BCUT2D eigenvalue weighted by atomic mass is 35.5. The van der Waals surface area contributed by atoms with Crippen LogP contribution in [0, 0.1) is 10.8 Å². The summed E-state index contributed by atoms with van der Waals surface area (Å²) < 4.78 is 1.34. The van der Waals surface area contributed by atoms with E-state index in [4.69, 9.17) is 28.2 Å². The molecule has 0 amide bonds. The maximum absolute atomic E-state index is 7.41. The molecule has 0 fully saturated rings. The zero-order chi connectivity index (χ0) is 9.14. The third kappa shape index (κ3) is 1.72. The number of aromatic nitrogens is 1. The minimum atomic E-state index is 0.0941. The molecule has 1 aromatic rings. The van der Waals surface area contributed by atoms with Gasteiger partial charge in [0.15, 0.2) is 0 Å². The second-order valence-corrected chi connectivity index (χ2v) is 2.69. The normalized spacial score (nSPS) is 9.83. The molecule has 0 unspecified atom stereocenters. The Hall–Kier alpha value is -1.13. The van der Waals surface area contributed by atoms with Gasteiger partial charge in [-0.15, -0.1) is 0 Å². The Morgan fingerprint density at radius 2 is 2.25 bits per heavy atom. The van der Waals surface area contributed by atoms with Crippen molar-refractivity contribution in [2.75, 3.05) is 6.54 Å². The Balaban J connectivity index is 3.23. The molecular weight excluding hydrogens is 176 g/mol. The van der Waals surface area contributed by atoms with E-state index in [-0.39, 0.29) is 17.9 Å². The van der Waals surface area contributed by atoms with Gasteiger partial charge in [0.2, 0.25) is 0 Å². The van der Waals surface area contributed by atoms with Crippen LogP contribution in [0.15, 0.2) is 18.3 Å². The number of nitrogens with zero attached hydrogens (tertiary/aromatic N) is 1. The SMILES string of the molecule is N=C(CN)n1cc(Cl)ccc1=N. The molecule has 0 aromatic carbocycles. The van der Waals surface area contributed by atoms with Crippen molar-refractivity contribution in [3.63, 3.8) is 0 Å². The first-order valence-corrected chi connectivity index (χ1v) is 3.73. The fraction of sp³-hybridized carbons (Fsp3) is 0.143. The molecule has 0 aliphatic rings. The van der Waals surface area contributed by atoms with Gasteiger partial charge in [0.1, 0.15) is 11.3 Å². The van der Waals surface area contributed by atoms with Gasteiger partial charge in [-0.2, -0.15) is 0 Å². The summed E-state index contributed by atoms with van der Waals surface area (Å²) in [5, 5.41) is 15.3. The molecule has 1 heterocycles. The van der Waals surface area contributed by atoms with Crippen molar-refractivity contribution in [2.24, 2.45) is 5.73 Å². The molecule has 4 N–H and O–H groups in total. The first-order chi connectivity index (χ1) is 5.65. The van der Waals surface area contributed by atoms with E-state index < -0.39 is 0 Å². The van der Waals surface area contributed by atoms with Gasteiger partial charge in [-0.3, -0.25) is 15.4 Å². The first-order valence-electron chi connectivity index (χ1n) is 3.36. The Bertz CT molecular complexity index is 355. The lowest BCUT2D eigenvalue weighted by Crippen LogP contribution is -2.30. The van der Waals surface area contributed by atoms with Crippen molar-refractivity contribution in [1.82, 2.24) is 4.57 Å². The first kappa shape index (κ1) is 8.96.